The molecular weight excluding hydrogens is 448 g/mol. The number of para-hydroxylation sites is 3. The van der Waals surface area contributed by atoms with Gasteiger partial charge in [0.25, 0.3) is 5.56 Å². The van der Waals surface area contributed by atoms with E-state index in [1.807, 2.05) is 58.5 Å². The summed E-state index contributed by atoms with van der Waals surface area (Å²) in [5, 5.41) is 5.39. The standard InChI is InChI=1S/C25H28N6O2S/c1-3-13-29-23(32)19-9-5-6-10-20(19)31-24(29)26-30(25(31)34)18-27-14-16-28(17-15-27)21-11-7-8-12-22(21)33-4-2/h3,5-12H,1,4,13-18H2,2H3. The first-order valence-corrected chi connectivity index (χ1v) is 11.9. The highest BCUT2D eigenvalue weighted by molar-refractivity contribution is 7.71. The lowest BCUT2D eigenvalue weighted by molar-refractivity contribution is 0.194. The number of rotatable bonds is 7. The number of allylic oxidation sites excluding steroid dienone is 1. The van der Waals surface area contributed by atoms with Crippen molar-refractivity contribution in [2.45, 2.75) is 20.1 Å². The van der Waals surface area contributed by atoms with E-state index in [1.165, 1.54) is 0 Å². The average molecular weight is 477 g/mol. The van der Waals surface area contributed by atoms with Crippen molar-refractivity contribution in [1.29, 1.82) is 0 Å². The molecule has 0 amide bonds. The van der Waals surface area contributed by atoms with Crippen molar-refractivity contribution in [2.75, 3.05) is 37.7 Å². The maximum Gasteiger partial charge on any atom is 0.263 e. The number of anilines is 1. The minimum Gasteiger partial charge on any atom is -0.492 e. The van der Waals surface area contributed by atoms with Crippen molar-refractivity contribution in [1.82, 2.24) is 23.6 Å². The van der Waals surface area contributed by atoms with Crippen molar-refractivity contribution < 1.29 is 4.74 Å². The molecule has 1 aliphatic heterocycles. The quantitative estimate of drug-likeness (QED) is 0.300. The van der Waals surface area contributed by atoms with E-state index in [0.29, 0.717) is 35.8 Å². The summed E-state index contributed by atoms with van der Waals surface area (Å²) in [5.74, 6) is 1.46. The van der Waals surface area contributed by atoms with E-state index in [-0.39, 0.29) is 5.56 Å². The van der Waals surface area contributed by atoms with Crippen molar-refractivity contribution in [3.63, 3.8) is 0 Å². The fraction of sp³-hybridized carbons (Fsp3) is 0.320. The van der Waals surface area contributed by atoms with Crippen LogP contribution in [0.5, 0.6) is 5.75 Å². The molecule has 1 fully saturated rings. The molecule has 0 N–H and O–H groups in total. The van der Waals surface area contributed by atoms with E-state index >= 15 is 0 Å². The van der Waals surface area contributed by atoms with E-state index in [1.54, 1.807) is 10.6 Å². The highest BCUT2D eigenvalue weighted by Gasteiger charge is 2.21. The summed E-state index contributed by atoms with van der Waals surface area (Å²) in [5.41, 5.74) is 1.82. The smallest absolute Gasteiger partial charge is 0.263 e. The molecule has 1 saturated heterocycles. The Labute approximate surface area is 202 Å². The van der Waals surface area contributed by atoms with Gasteiger partial charge in [-0.1, -0.05) is 30.3 Å². The maximum absolute atomic E-state index is 13.1. The van der Waals surface area contributed by atoms with Crippen molar-refractivity contribution in [3.05, 3.63) is 76.3 Å². The van der Waals surface area contributed by atoms with Gasteiger partial charge in [0.1, 0.15) is 5.75 Å². The molecule has 0 saturated carbocycles. The highest BCUT2D eigenvalue weighted by Crippen LogP contribution is 2.29. The van der Waals surface area contributed by atoms with Gasteiger partial charge in [0.05, 0.1) is 29.9 Å². The van der Waals surface area contributed by atoms with Gasteiger partial charge < -0.3 is 9.64 Å². The van der Waals surface area contributed by atoms with Gasteiger partial charge in [0, 0.05) is 32.7 Å². The summed E-state index contributed by atoms with van der Waals surface area (Å²) in [6, 6.07) is 15.7. The van der Waals surface area contributed by atoms with Gasteiger partial charge in [0.2, 0.25) is 10.5 Å². The molecule has 0 aliphatic carbocycles. The monoisotopic (exact) mass is 476 g/mol. The Balaban J connectivity index is 1.43. The zero-order valence-corrected chi connectivity index (χ0v) is 20.1. The van der Waals surface area contributed by atoms with Crippen LogP contribution in [0.2, 0.25) is 0 Å². The normalized spacial score (nSPS) is 14.7. The number of nitrogens with zero attached hydrogens (tertiary/aromatic N) is 6. The Morgan fingerprint density at radius 1 is 1.09 bits per heavy atom. The molecule has 0 atom stereocenters. The number of benzene rings is 2. The lowest BCUT2D eigenvalue weighted by Gasteiger charge is -2.36. The fourth-order valence-electron chi connectivity index (χ4n) is 4.57. The van der Waals surface area contributed by atoms with Gasteiger partial charge in [0.15, 0.2) is 0 Å². The minimum absolute atomic E-state index is 0.0864. The van der Waals surface area contributed by atoms with E-state index in [4.69, 9.17) is 22.1 Å². The number of piperazine rings is 1. The molecule has 34 heavy (non-hydrogen) atoms. The van der Waals surface area contributed by atoms with Crippen LogP contribution in [0.4, 0.5) is 5.69 Å². The summed E-state index contributed by atoms with van der Waals surface area (Å²) in [7, 11) is 0. The SMILES string of the molecule is C=CCn1c(=O)c2ccccc2n2c(=S)n(CN3CCN(c4ccccc4OCC)CC3)nc12. The van der Waals surface area contributed by atoms with Gasteiger partial charge in [-0.05, 0) is 43.4 Å². The molecule has 5 rings (SSSR count). The summed E-state index contributed by atoms with van der Waals surface area (Å²) in [6.07, 6.45) is 1.71. The molecule has 2 aromatic heterocycles. The molecule has 0 unspecified atom stereocenters. The predicted octanol–water partition coefficient (Wildman–Crippen LogP) is 3.54. The Morgan fingerprint density at radius 2 is 1.82 bits per heavy atom. The Bertz CT molecular complexity index is 1460. The molecule has 4 aromatic rings. The maximum atomic E-state index is 13.1. The molecule has 1 aliphatic rings. The second-order valence-electron chi connectivity index (χ2n) is 8.29. The number of hydrogen-bond donors (Lipinski definition) is 0. The number of hydrogen-bond acceptors (Lipinski definition) is 6. The molecular formula is C25H28N6O2S. The summed E-state index contributed by atoms with van der Waals surface area (Å²) in [6.45, 7) is 10.9. The molecule has 8 nitrogen and oxygen atoms in total. The van der Waals surface area contributed by atoms with Crippen LogP contribution in [-0.2, 0) is 13.2 Å². The van der Waals surface area contributed by atoms with Gasteiger partial charge in [-0.3, -0.25) is 18.7 Å². The molecule has 3 heterocycles. The van der Waals surface area contributed by atoms with Crippen LogP contribution in [0.15, 0.2) is 66.0 Å². The van der Waals surface area contributed by atoms with Crippen LogP contribution in [0.25, 0.3) is 16.7 Å². The molecule has 0 radical (unpaired) electrons. The van der Waals surface area contributed by atoms with Crippen LogP contribution in [-0.4, -0.2) is 56.4 Å². The first-order chi connectivity index (χ1) is 16.6. The minimum atomic E-state index is -0.0864. The molecule has 2 aromatic carbocycles. The first kappa shape index (κ1) is 22.4. The molecule has 0 spiro atoms. The third-order valence-corrected chi connectivity index (χ3v) is 6.60. The number of ether oxygens (including phenoxy) is 1. The Hall–Kier alpha value is -3.43. The average Bonchev–Trinajstić information content (AvgIpc) is 3.18. The number of aromatic nitrogens is 4. The van der Waals surface area contributed by atoms with Crippen LogP contribution >= 0.6 is 12.2 Å². The second kappa shape index (κ2) is 9.44. The van der Waals surface area contributed by atoms with E-state index in [0.717, 1.165) is 43.1 Å². The lowest BCUT2D eigenvalue weighted by atomic mass is 10.2. The van der Waals surface area contributed by atoms with Crippen molar-refractivity contribution in [3.8, 4) is 5.75 Å². The first-order valence-electron chi connectivity index (χ1n) is 11.5. The molecule has 176 valence electrons. The fourth-order valence-corrected chi connectivity index (χ4v) is 4.85. The lowest BCUT2D eigenvalue weighted by Crippen LogP contribution is -2.47. The number of fused-ring (bicyclic) bond motifs is 3. The summed E-state index contributed by atoms with van der Waals surface area (Å²) < 4.78 is 11.7. The predicted molar refractivity (Wildman–Crippen MR) is 137 cm³/mol. The zero-order chi connectivity index (χ0) is 23.7. The van der Waals surface area contributed by atoms with Gasteiger partial charge in [-0.15, -0.1) is 11.7 Å². The van der Waals surface area contributed by atoms with E-state index in [2.05, 4.69) is 22.4 Å². The van der Waals surface area contributed by atoms with Gasteiger partial charge >= 0.3 is 0 Å². The van der Waals surface area contributed by atoms with Gasteiger partial charge in [-0.25, -0.2) is 4.68 Å². The van der Waals surface area contributed by atoms with E-state index in [9.17, 15) is 4.79 Å². The van der Waals surface area contributed by atoms with Gasteiger partial charge in [-0.2, -0.15) is 0 Å². The van der Waals surface area contributed by atoms with Crippen molar-refractivity contribution in [2.24, 2.45) is 0 Å². The second-order valence-corrected chi connectivity index (χ2v) is 8.65. The highest BCUT2D eigenvalue weighted by atomic mass is 32.1. The van der Waals surface area contributed by atoms with Crippen LogP contribution in [0, 0.1) is 4.77 Å². The van der Waals surface area contributed by atoms with Crippen LogP contribution in [0.3, 0.4) is 0 Å². The summed E-state index contributed by atoms with van der Waals surface area (Å²) >= 11 is 5.82. The summed E-state index contributed by atoms with van der Waals surface area (Å²) in [4.78, 5) is 17.8. The van der Waals surface area contributed by atoms with Crippen LogP contribution < -0.4 is 15.2 Å². The third-order valence-electron chi connectivity index (χ3n) is 6.21. The largest absolute Gasteiger partial charge is 0.492 e. The van der Waals surface area contributed by atoms with Crippen molar-refractivity contribution >= 4 is 34.6 Å². The topological polar surface area (TPSA) is 59.9 Å². The third kappa shape index (κ3) is 3.91. The molecule has 9 heteroatoms. The van der Waals surface area contributed by atoms with Crippen LogP contribution in [0.1, 0.15) is 6.92 Å². The Morgan fingerprint density at radius 3 is 2.59 bits per heavy atom. The zero-order valence-electron chi connectivity index (χ0n) is 19.3. The molecule has 0 bridgehead atoms. The van der Waals surface area contributed by atoms with E-state index < -0.39 is 0 Å². The Kier molecular flexibility index (Phi) is 6.21.